The summed E-state index contributed by atoms with van der Waals surface area (Å²) in [5, 5.41) is 23.3. The number of amides is 1. The predicted octanol–water partition coefficient (Wildman–Crippen LogP) is 21.8. The molecule has 0 rings (SSSR count). The van der Waals surface area contributed by atoms with Crippen molar-refractivity contribution in [2.75, 3.05) is 13.2 Å². The summed E-state index contributed by atoms with van der Waals surface area (Å²) in [6, 6.07) is -0.539. The van der Waals surface area contributed by atoms with Crippen molar-refractivity contribution in [1.29, 1.82) is 0 Å². The van der Waals surface area contributed by atoms with Crippen LogP contribution in [0.4, 0.5) is 0 Å². The third kappa shape index (κ3) is 61.4. The van der Waals surface area contributed by atoms with Crippen molar-refractivity contribution in [2.45, 2.75) is 392 Å². The van der Waals surface area contributed by atoms with E-state index in [0.717, 1.165) is 51.4 Å². The van der Waals surface area contributed by atoms with E-state index < -0.39 is 12.1 Å². The number of carbonyl (C=O) groups excluding carboxylic acids is 2. The van der Waals surface area contributed by atoms with E-state index in [1.165, 1.54) is 295 Å². The first-order valence-corrected chi connectivity index (χ1v) is 34.1. The zero-order chi connectivity index (χ0) is 54.3. The molecular formula is C69H133NO5. The van der Waals surface area contributed by atoms with Gasteiger partial charge in [0.2, 0.25) is 5.91 Å². The van der Waals surface area contributed by atoms with Gasteiger partial charge in [0.05, 0.1) is 25.4 Å². The van der Waals surface area contributed by atoms with E-state index in [-0.39, 0.29) is 18.5 Å². The average Bonchev–Trinajstić information content (AvgIpc) is 3.41. The maximum atomic E-state index is 12.5. The largest absolute Gasteiger partial charge is 0.466 e. The fraction of sp³-hybridized carbons (Fsp3) is 0.913. The quantitative estimate of drug-likeness (QED) is 0.0320. The summed E-state index contributed by atoms with van der Waals surface area (Å²) in [5.74, 6) is -0.0177. The second-order valence-corrected chi connectivity index (χ2v) is 23.5. The Kier molecular flexibility index (Phi) is 63.4. The molecule has 0 saturated carbocycles. The normalized spacial score (nSPS) is 12.6. The number of hydrogen-bond acceptors (Lipinski definition) is 5. The van der Waals surface area contributed by atoms with Crippen LogP contribution < -0.4 is 5.32 Å². The lowest BCUT2D eigenvalue weighted by Gasteiger charge is -2.22. The molecule has 6 nitrogen and oxygen atoms in total. The lowest BCUT2D eigenvalue weighted by molar-refractivity contribution is -0.143. The lowest BCUT2D eigenvalue weighted by Crippen LogP contribution is -2.45. The molecule has 1 amide bonds. The van der Waals surface area contributed by atoms with Gasteiger partial charge >= 0.3 is 5.97 Å². The summed E-state index contributed by atoms with van der Waals surface area (Å²) in [6.45, 7) is 4.96. The van der Waals surface area contributed by atoms with Crippen LogP contribution in [0.2, 0.25) is 0 Å². The maximum absolute atomic E-state index is 12.5. The van der Waals surface area contributed by atoms with Gasteiger partial charge in [0.15, 0.2) is 0 Å². The number of rotatable bonds is 64. The first-order valence-electron chi connectivity index (χ1n) is 34.1. The van der Waals surface area contributed by atoms with Gasteiger partial charge in [-0.25, -0.2) is 0 Å². The zero-order valence-electron chi connectivity index (χ0n) is 50.8. The van der Waals surface area contributed by atoms with Gasteiger partial charge in [-0.05, 0) is 57.8 Å². The summed E-state index contributed by atoms with van der Waals surface area (Å²) in [6.07, 6.45) is 80.7. The van der Waals surface area contributed by atoms with Crippen molar-refractivity contribution in [1.82, 2.24) is 5.32 Å². The van der Waals surface area contributed by atoms with Gasteiger partial charge < -0.3 is 20.3 Å². The van der Waals surface area contributed by atoms with E-state index in [4.69, 9.17) is 4.74 Å². The Hall–Kier alpha value is -1.66. The zero-order valence-corrected chi connectivity index (χ0v) is 50.8. The Bertz CT molecular complexity index is 1170. The van der Waals surface area contributed by atoms with Gasteiger partial charge in [0.25, 0.3) is 0 Å². The molecule has 75 heavy (non-hydrogen) atoms. The van der Waals surface area contributed by atoms with Gasteiger partial charge in [-0.3, -0.25) is 9.59 Å². The molecule has 2 unspecified atom stereocenters. The minimum Gasteiger partial charge on any atom is -0.466 e. The number of esters is 1. The molecule has 0 heterocycles. The summed E-state index contributed by atoms with van der Waals surface area (Å²) in [7, 11) is 0. The molecule has 0 aromatic carbocycles. The highest BCUT2D eigenvalue weighted by Crippen LogP contribution is 2.19. The van der Waals surface area contributed by atoms with Crippen molar-refractivity contribution in [3.8, 4) is 0 Å². The topological polar surface area (TPSA) is 95.9 Å². The molecule has 0 aliphatic heterocycles. The van der Waals surface area contributed by atoms with Crippen LogP contribution in [0.15, 0.2) is 24.3 Å². The van der Waals surface area contributed by atoms with Gasteiger partial charge in [-0.2, -0.15) is 0 Å². The molecule has 0 aliphatic rings. The van der Waals surface area contributed by atoms with E-state index in [9.17, 15) is 19.8 Å². The highest BCUT2D eigenvalue weighted by molar-refractivity contribution is 5.76. The molecule has 3 N–H and O–H groups in total. The van der Waals surface area contributed by atoms with Crippen molar-refractivity contribution < 1.29 is 24.5 Å². The molecule has 0 spiro atoms. The van der Waals surface area contributed by atoms with E-state index in [2.05, 4.69) is 43.5 Å². The van der Waals surface area contributed by atoms with Crippen LogP contribution in [0, 0.1) is 0 Å². The van der Waals surface area contributed by atoms with Gasteiger partial charge in [-0.1, -0.05) is 334 Å². The molecule has 6 heteroatoms. The summed E-state index contributed by atoms with van der Waals surface area (Å²) in [5.41, 5.74) is 0. The van der Waals surface area contributed by atoms with Crippen LogP contribution in [0.5, 0.6) is 0 Å². The van der Waals surface area contributed by atoms with Crippen LogP contribution in [0.25, 0.3) is 0 Å². The molecule has 444 valence electrons. The van der Waals surface area contributed by atoms with Crippen LogP contribution in [0.1, 0.15) is 380 Å². The average molecular weight is 1060 g/mol. The van der Waals surface area contributed by atoms with E-state index in [1.807, 2.05) is 0 Å². The number of ether oxygens (including phenoxy) is 1. The molecule has 0 aromatic heterocycles. The number of aliphatic hydroxyl groups excluding tert-OH is 2. The fourth-order valence-electron chi connectivity index (χ4n) is 10.8. The first kappa shape index (κ1) is 73.3. The first-order chi connectivity index (χ1) is 37.0. The van der Waals surface area contributed by atoms with Crippen LogP contribution >= 0.6 is 0 Å². The number of hydrogen-bond donors (Lipinski definition) is 3. The molecule has 0 bridgehead atoms. The molecule has 0 radical (unpaired) electrons. The second kappa shape index (κ2) is 64.9. The number of unbranched alkanes of at least 4 members (excludes halogenated alkanes) is 49. The van der Waals surface area contributed by atoms with Crippen molar-refractivity contribution in [2.24, 2.45) is 0 Å². The standard InChI is InChI=1S/C69H133NO5/c1-3-5-7-9-11-13-15-17-19-20-28-32-35-39-43-47-51-55-59-63-69(74)75-64-60-56-52-48-44-40-36-33-30-27-25-23-21-22-24-26-29-31-34-38-42-46-50-54-58-62-68(73)70-66(65-71)67(72)61-57-53-49-45-41-37-18-16-14-12-10-8-6-4-2/h11,13,17,19,66-67,71-72H,3-10,12,14-16,18,20-65H2,1-2H3,(H,70,73)/b13-11-,19-17-. The number of aliphatic hydroxyl groups is 2. The third-order valence-corrected chi connectivity index (χ3v) is 16.0. The Morgan fingerprint density at radius 3 is 1.04 bits per heavy atom. The molecule has 0 aliphatic carbocycles. The second-order valence-electron chi connectivity index (χ2n) is 23.5. The molecular weight excluding hydrogens is 923 g/mol. The molecule has 2 atom stereocenters. The Morgan fingerprint density at radius 1 is 0.373 bits per heavy atom. The van der Waals surface area contributed by atoms with Crippen LogP contribution in [-0.4, -0.2) is 47.4 Å². The number of carbonyl (C=O) groups is 2. The SMILES string of the molecule is CCCCC/C=C\C/C=C\CCCCCCCCCCCC(=O)OCCCCCCCCCCCCCCCCCCCCCCCCCCCC(=O)NC(CO)C(O)CCCCCCCCCCCCCCCC. The van der Waals surface area contributed by atoms with Crippen molar-refractivity contribution in [3.63, 3.8) is 0 Å². The van der Waals surface area contributed by atoms with Crippen LogP contribution in [-0.2, 0) is 14.3 Å². The van der Waals surface area contributed by atoms with Gasteiger partial charge in [-0.15, -0.1) is 0 Å². The predicted molar refractivity (Wildman–Crippen MR) is 329 cm³/mol. The highest BCUT2D eigenvalue weighted by Gasteiger charge is 2.20. The Morgan fingerprint density at radius 2 is 0.667 bits per heavy atom. The van der Waals surface area contributed by atoms with E-state index >= 15 is 0 Å². The fourth-order valence-corrected chi connectivity index (χ4v) is 10.8. The minimum absolute atomic E-state index is 0.0133. The number of nitrogens with one attached hydrogen (secondary N) is 1. The monoisotopic (exact) mass is 1060 g/mol. The van der Waals surface area contributed by atoms with Crippen LogP contribution in [0.3, 0.4) is 0 Å². The maximum Gasteiger partial charge on any atom is 0.305 e. The van der Waals surface area contributed by atoms with Gasteiger partial charge in [0.1, 0.15) is 0 Å². The smallest absolute Gasteiger partial charge is 0.305 e. The molecule has 0 aromatic rings. The number of allylic oxidation sites excluding steroid dienone is 4. The summed E-state index contributed by atoms with van der Waals surface area (Å²) in [4.78, 5) is 24.6. The summed E-state index contributed by atoms with van der Waals surface area (Å²) >= 11 is 0. The minimum atomic E-state index is -0.662. The van der Waals surface area contributed by atoms with Crippen molar-refractivity contribution >= 4 is 11.9 Å². The Balaban J connectivity index is 3.34. The Labute approximate surface area is 469 Å². The lowest BCUT2D eigenvalue weighted by atomic mass is 10.0. The van der Waals surface area contributed by atoms with E-state index in [1.54, 1.807) is 0 Å². The van der Waals surface area contributed by atoms with Crippen molar-refractivity contribution in [3.05, 3.63) is 24.3 Å². The van der Waals surface area contributed by atoms with Gasteiger partial charge in [0, 0.05) is 12.8 Å². The molecule has 0 saturated heterocycles. The highest BCUT2D eigenvalue weighted by atomic mass is 16.5. The van der Waals surface area contributed by atoms with E-state index in [0.29, 0.717) is 25.9 Å². The summed E-state index contributed by atoms with van der Waals surface area (Å²) < 4.78 is 5.51. The third-order valence-electron chi connectivity index (χ3n) is 16.0. The molecule has 0 fully saturated rings.